The number of likely N-dealkylation sites (N-methyl/N-ethyl adjacent to an activating group) is 1. The lowest BCUT2D eigenvalue weighted by Crippen LogP contribution is -2.43. The van der Waals surface area contributed by atoms with Crippen LogP contribution in [0.5, 0.6) is 0 Å². The first kappa shape index (κ1) is 25.5. The molecule has 1 fully saturated rings. The molecule has 164 valence electrons. The highest BCUT2D eigenvalue weighted by molar-refractivity contribution is 14.0. The highest BCUT2D eigenvalue weighted by Crippen LogP contribution is 2.20. The molecule has 1 N–H and O–H groups in total. The monoisotopic (exact) mass is 515 g/mol. The molecule has 0 aliphatic carbocycles. The smallest absolute Gasteiger partial charge is 0.243 e. The number of aliphatic imine (C=N–C) groups is 1. The molecule has 0 spiro atoms. The predicted molar refractivity (Wildman–Crippen MR) is 133 cm³/mol. The first-order valence-corrected chi connectivity index (χ1v) is 10.5. The Morgan fingerprint density at radius 3 is 2.31 bits per heavy atom. The summed E-state index contributed by atoms with van der Waals surface area (Å²) >= 11 is 0. The van der Waals surface area contributed by atoms with Gasteiger partial charge in [-0.05, 0) is 50.3 Å². The van der Waals surface area contributed by atoms with Crippen molar-refractivity contribution in [3.05, 3.63) is 29.8 Å². The minimum absolute atomic E-state index is 0. The molecule has 0 radical (unpaired) electrons. The van der Waals surface area contributed by atoms with Gasteiger partial charge in [0.1, 0.15) is 6.54 Å². The van der Waals surface area contributed by atoms with Crippen LogP contribution in [0.4, 0.5) is 5.69 Å². The molecular formula is C22H38IN5O. The zero-order chi connectivity index (χ0) is 20.5. The second-order valence-corrected chi connectivity index (χ2v) is 7.95. The van der Waals surface area contributed by atoms with Crippen LogP contribution >= 0.6 is 24.0 Å². The summed E-state index contributed by atoms with van der Waals surface area (Å²) in [5, 5.41) is 3.44. The number of hydrogen-bond donors (Lipinski definition) is 1. The Morgan fingerprint density at radius 1 is 1.14 bits per heavy atom. The van der Waals surface area contributed by atoms with Crippen molar-refractivity contribution in [2.24, 2.45) is 4.99 Å². The first-order chi connectivity index (χ1) is 13.4. The van der Waals surface area contributed by atoms with Gasteiger partial charge in [-0.3, -0.25) is 4.79 Å². The summed E-state index contributed by atoms with van der Waals surface area (Å²) in [6.45, 7) is 7.50. The molecule has 6 nitrogen and oxygen atoms in total. The third-order valence-corrected chi connectivity index (χ3v) is 5.29. The molecule has 0 bridgehead atoms. The van der Waals surface area contributed by atoms with E-state index >= 15 is 0 Å². The summed E-state index contributed by atoms with van der Waals surface area (Å²) in [5.74, 6) is 0.771. The van der Waals surface area contributed by atoms with Crippen LogP contribution < -0.4 is 10.2 Å². The van der Waals surface area contributed by atoms with Gasteiger partial charge in [-0.15, -0.1) is 24.0 Å². The van der Waals surface area contributed by atoms with Gasteiger partial charge in [-0.25, -0.2) is 4.99 Å². The number of carbonyl (C=O) groups excluding carboxylic acids is 1. The van der Waals surface area contributed by atoms with Crippen LogP contribution in [0.15, 0.2) is 29.3 Å². The Labute approximate surface area is 193 Å². The van der Waals surface area contributed by atoms with Gasteiger partial charge in [0.15, 0.2) is 5.96 Å². The van der Waals surface area contributed by atoms with Crippen LogP contribution in [-0.2, 0) is 11.3 Å². The van der Waals surface area contributed by atoms with E-state index in [-0.39, 0.29) is 36.4 Å². The largest absolute Gasteiger partial charge is 0.372 e. The van der Waals surface area contributed by atoms with Gasteiger partial charge in [0.05, 0.1) is 0 Å². The van der Waals surface area contributed by atoms with Crippen LogP contribution in [0.25, 0.3) is 0 Å². The van der Waals surface area contributed by atoms with Gasteiger partial charge >= 0.3 is 0 Å². The minimum atomic E-state index is 0. The Morgan fingerprint density at radius 2 is 1.76 bits per heavy atom. The number of nitrogens with zero attached hydrogens (tertiary/aromatic N) is 4. The summed E-state index contributed by atoms with van der Waals surface area (Å²) in [5.41, 5.74) is 2.55. The van der Waals surface area contributed by atoms with E-state index in [1.54, 1.807) is 19.0 Å². The van der Waals surface area contributed by atoms with E-state index in [9.17, 15) is 4.79 Å². The van der Waals surface area contributed by atoms with Gasteiger partial charge in [-0.1, -0.05) is 19.1 Å². The van der Waals surface area contributed by atoms with Crippen LogP contribution in [0.3, 0.4) is 0 Å². The van der Waals surface area contributed by atoms with Crippen molar-refractivity contribution in [1.29, 1.82) is 0 Å². The fourth-order valence-corrected chi connectivity index (χ4v) is 3.20. The van der Waals surface area contributed by atoms with E-state index in [1.807, 2.05) is 7.05 Å². The van der Waals surface area contributed by atoms with E-state index in [2.05, 4.69) is 58.2 Å². The predicted octanol–water partition coefficient (Wildman–Crippen LogP) is 3.56. The van der Waals surface area contributed by atoms with Crippen molar-refractivity contribution in [1.82, 2.24) is 15.1 Å². The van der Waals surface area contributed by atoms with E-state index in [4.69, 9.17) is 0 Å². The lowest BCUT2D eigenvalue weighted by atomic mass is 10.1. The maximum absolute atomic E-state index is 11.9. The number of guanidine groups is 1. The molecule has 1 unspecified atom stereocenters. The summed E-state index contributed by atoms with van der Waals surface area (Å²) in [7, 11) is 5.54. The molecule has 1 heterocycles. The molecule has 29 heavy (non-hydrogen) atoms. The van der Waals surface area contributed by atoms with E-state index in [1.165, 1.54) is 30.5 Å². The van der Waals surface area contributed by atoms with Crippen molar-refractivity contribution in [3.8, 4) is 0 Å². The maximum atomic E-state index is 11.9. The summed E-state index contributed by atoms with van der Waals surface area (Å²) in [4.78, 5) is 22.6. The molecular weight excluding hydrogens is 477 g/mol. The Hall–Kier alpha value is -1.51. The van der Waals surface area contributed by atoms with Crippen LogP contribution in [0.2, 0.25) is 0 Å². The molecule has 1 saturated heterocycles. The van der Waals surface area contributed by atoms with E-state index < -0.39 is 0 Å². The van der Waals surface area contributed by atoms with Crippen molar-refractivity contribution >= 4 is 41.5 Å². The Bertz CT molecular complexity index is 641. The second kappa shape index (κ2) is 12.9. The zero-order valence-corrected chi connectivity index (χ0v) is 21.0. The lowest BCUT2D eigenvalue weighted by molar-refractivity contribution is -0.127. The lowest BCUT2D eigenvalue weighted by Gasteiger charge is -2.29. The number of anilines is 1. The number of piperidine rings is 1. The molecule has 0 saturated carbocycles. The average molecular weight is 515 g/mol. The number of benzene rings is 1. The minimum Gasteiger partial charge on any atom is -0.372 e. The SMILES string of the molecule is CCC(C)NC(=NCC(=O)N(C)C)N(C)Cc1ccc(N2CCCCC2)cc1.I. The Kier molecular flexibility index (Phi) is 11.4. The van der Waals surface area contributed by atoms with Gasteiger partial charge in [0, 0.05) is 52.5 Å². The van der Waals surface area contributed by atoms with E-state index in [0.717, 1.165) is 32.0 Å². The summed E-state index contributed by atoms with van der Waals surface area (Å²) < 4.78 is 0. The van der Waals surface area contributed by atoms with Crippen molar-refractivity contribution < 1.29 is 4.79 Å². The molecule has 2 rings (SSSR count). The van der Waals surface area contributed by atoms with Gasteiger partial charge in [-0.2, -0.15) is 0 Å². The number of hydrogen-bond acceptors (Lipinski definition) is 3. The van der Waals surface area contributed by atoms with Crippen molar-refractivity contribution in [2.45, 2.75) is 52.1 Å². The standard InChI is InChI=1S/C22H37N5O.HI/c1-6-18(2)24-22(23-16-21(28)25(3)4)26(5)17-19-10-12-20(13-11-19)27-14-8-7-9-15-27;/h10-13,18H,6-9,14-17H2,1-5H3,(H,23,24);1H. The van der Waals surface area contributed by atoms with E-state index in [0.29, 0.717) is 6.04 Å². The van der Waals surface area contributed by atoms with Gasteiger partial charge < -0.3 is 20.0 Å². The number of amides is 1. The topological polar surface area (TPSA) is 51.2 Å². The molecule has 0 aromatic heterocycles. The quantitative estimate of drug-likeness (QED) is 0.343. The van der Waals surface area contributed by atoms with Crippen LogP contribution in [0.1, 0.15) is 45.1 Å². The molecule has 1 amide bonds. The molecule has 1 aliphatic heterocycles. The number of nitrogens with one attached hydrogen (secondary N) is 1. The molecule has 7 heteroatoms. The van der Waals surface area contributed by atoms with Gasteiger partial charge in [0.25, 0.3) is 0 Å². The third kappa shape index (κ3) is 8.40. The molecule has 1 aliphatic rings. The van der Waals surface area contributed by atoms with Gasteiger partial charge in [0.2, 0.25) is 5.91 Å². The highest BCUT2D eigenvalue weighted by Gasteiger charge is 2.13. The zero-order valence-electron chi connectivity index (χ0n) is 18.6. The highest BCUT2D eigenvalue weighted by atomic mass is 127. The molecule has 1 aromatic carbocycles. The van der Waals surface area contributed by atoms with Crippen molar-refractivity contribution in [2.75, 3.05) is 45.7 Å². The molecule has 1 aromatic rings. The van der Waals surface area contributed by atoms with Crippen molar-refractivity contribution in [3.63, 3.8) is 0 Å². The normalized spacial score (nSPS) is 15.3. The first-order valence-electron chi connectivity index (χ1n) is 10.5. The van der Waals surface area contributed by atoms with Crippen LogP contribution in [-0.4, -0.2) is 68.5 Å². The maximum Gasteiger partial charge on any atom is 0.243 e. The fraction of sp³-hybridized carbons (Fsp3) is 0.636. The average Bonchev–Trinajstić information content (AvgIpc) is 2.71. The molecule has 1 atom stereocenters. The van der Waals surface area contributed by atoms with Crippen LogP contribution in [0, 0.1) is 0 Å². The third-order valence-electron chi connectivity index (χ3n) is 5.29. The fourth-order valence-electron chi connectivity index (χ4n) is 3.20. The summed E-state index contributed by atoms with van der Waals surface area (Å²) in [6, 6.07) is 9.15. The number of halogens is 1. The summed E-state index contributed by atoms with van der Waals surface area (Å²) in [6.07, 6.45) is 4.93. The Balaban J connectivity index is 0.00000420. The number of rotatable bonds is 7. The second-order valence-electron chi connectivity index (χ2n) is 7.95. The number of carbonyl (C=O) groups is 1.